The van der Waals surface area contributed by atoms with Gasteiger partial charge in [0.1, 0.15) is 0 Å². The van der Waals surface area contributed by atoms with Gasteiger partial charge in [-0.25, -0.2) is 0 Å². The van der Waals surface area contributed by atoms with Crippen molar-refractivity contribution in [2.24, 2.45) is 4.99 Å². The average molecular weight is 187 g/mol. The predicted octanol–water partition coefficient (Wildman–Crippen LogP) is 4.22. The molecule has 0 heterocycles. The zero-order valence-electron chi connectivity index (χ0n) is 8.96. The molecule has 0 aliphatic carbocycles. The first-order chi connectivity index (χ1) is 6.79. The van der Waals surface area contributed by atoms with Crippen molar-refractivity contribution in [1.82, 2.24) is 0 Å². The van der Waals surface area contributed by atoms with Gasteiger partial charge in [-0.3, -0.25) is 4.99 Å². The highest BCUT2D eigenvalue weighted by atomic mass is 14.7. The molecular formula is C13H17N. The monoisotopic (exact) mass is 187 g/mol. The molecule has 14 heavy (non-hydrogen) atoms. The van der Waals surface area contributed by atoms with Crippen molar-refractivity contribution < 1.29 is 0 Å². The molecule has 0 aliphatic heterocycles. The third kappa shape index (κ3) is 2.56. The van der Waals surface area contributed by atoms with E-state index in [4.69, 9.17) is 0 Å². The standard InChI is InChI=1S/C13H17N/c1-4-10-14-13-9-7-6-8-12(13)11(3)5-2/h6-10H,3-5H2,1-2H3. The van der Waals surface area contributed by atoms with Crippen LogP contribution >= 0.6 is 0 Å². The van der Waals surface area contributed by atoms with Gasteiger partial charge in [-0.1, -0.05) is 38.6 Å². The van der Waals surface area contributed by atoms with Crippen LogP contribution in [0.3, 0.4) is 0 Å². The fraction of sp³-hybridized carbons (Fsp3) is 0.308. The number of para-hydroxylation sites is 1. The van der Waals surface area contributed by atoms with E-state index in [-0.39, 0.29) is 0 Å². The summed E-state index contributed by atoms with van der Waals surface area (Å²) in [5.41, 5.74) is 3.34. The first-order valence-corrected chi connectivity index (χ1v) is 5.09. The molecule has 0 aliphatic rings. The van der Waals surface area contributed by atoms with Gasteiger partial charge in [0.2, 0.25) is 0 Å². The van der Waals surface area contributed by atoms with Gasteiger partial charge >= 0.3 is 0 Å². The fourth-order valence-electron chi connectivity index (χ4n) is 1.27. The first-order valence-electron chi connectivity index (χ1n) is 5.09. The van der Waals surface area contributed by atoms with Gasteiger partial charge in [-0.2, -0.15) is 0 Å². The average Bonchev–Trinajstić information content (AvgIpc) is 2.25. The van der Waals surface area contributed by atoms with Crippen molar-refractivity contribution in [3.05, 3.63) is 36.4 Å². The second-order valence-corrected chi connectivity index (χ2v) is 3.19. The van der Waals surface area contributed by atoms with Crippen LogP contribution in [0.2, 0.25) is 0 Å². The highest BCUT2D eigenvalue weighted by Crippen LogP contribution is 2.26. The van der Waals surface area contributed by atoms with E-state index >= 15 is 0 Å². The number of benzene rings is 1. The maximum Gasteiger partial charge on any atom is 0.0700 e. The summed E-state index contributed by atoms with van der Waals surface area (Å²) in [6, 6.07) is 8.15. The molecule has 74 valence electrons. The normalized spacial score (nSPS) is 10.7. The Morgan fingerprint density at radius 3 is 2.71 bits per heavy atom. The lowest BCUT2D eigenvalue weighted by Crippen LogP contribution is -1.82. The molecule has 0 spiro atoms. The summed E-state index contributed by atoms with van der Waals surface area (Å²) in [5.74, 6) is 0. The van der Waals surface area contributed by atoms with Crippen molar-refractivity contribution in [2.75, 3.05) is 0 Å². The van der Waals surface area contributed by atoms with Crippen LogP contribution in [0.4, 0.5) is 5.69 Å². The van der Waals surface area contributed by atoms with Gasteiger partial charge in [0.15, 0.2) is 0 Å². The van der Waals surface area contributed by atoms with Crippen molar-refractivity contribution in [3.63, 3.8) is 0 Å². The van der Waals surface area contributed by atoms with E-state index in [1.165, 1.54) is 5.56 Å². The van der Waals surface area contributed by atoms with Crippen LogP contribution in [0.25, 0.3) is 5.57 Å². The number of hydrogen-bond donors (Lipinski definition) is 0. The summed E-state index contributed by atoms with van der Waals surface area (Å²) in [5, 5.41) is 0. The van der Waals surface area contributed by atoms with Crippen LogP contribution in [0.1, 0.15) is 32.3 Å². The Morgan fingerprint density at radius 2 is 2.07 bits per heavy atom. The van der Waals surface area contributed by atoms with E-state index in [9.17, 15) is 0 Å². The number of aliphatic imine (C=N–C) groups is 1. The second-order valence-electron chi connectivity index (χ2n) is 3.19. The molecule has 0 fully saturated rings. The summed E-state index contributed by atoms with van der Waals surface area (Å²) in [6.45, 7) is 8.24. The van der Waals surface area contributed by atoms with E-state index in [1.807, 2.05) is 24.4 Å². The molecule has 1 aromatic carbocycles. The molecule has 0 unspecified atom stereocenters. The Labute approximate surface area is 86.2 Å². The van der Waals surface area contributed by atoms with Crippen LogP contribution in [0, 0.1) is 0 Å². The first kappa shape index (κ1) is 10.7. The van der Waals surface area contributed by atoms with Crippen LogP contribution in [0.15, 0.2) is 35.8 Å². The number of allylic oxidation sites excluding steroid dienone is 1. The molecule has 0 amide bonds. The third-order valence-corrected chi connectivity index (χ3v) is 2.12. The van der Waals surface area contributed by atoms with Crippen molar-refractivity contribution in [1.29, 1.82) is 0 Å². The highest BCUT2D eigenvalue weighted by Gasteiger charge is 2.01. The maximum atomic E-state index is 4.41. The summed E-state index contributed by atoms with van der Waals surface area (Å²) in [7, 11) is 0. The minimum Gasteiger partial charge on any atom is -0.261 e. The van der Waals surface area contributed by atoms with E-state index in [1.54, 1.807) is 0 Å². The Bertz CT molecular complexity index is 337. The fourth-order valence-corrected chi connectivity index (χ4v) is 1.27. The largest absolute Gasteiger partial charge is 0.261 e. The lowest BCUT2D eigenvalue weighted by Gasteiger charge is -2.05. The van der Waals surface area contributed by atoms with E-state index in [0.717, 1.165) is 24.1 Å². The van der Waals surface area contributed by atoms with E-state index < -0.39 is 0 Å². The van der Waals surface area contributed by atoms with Crippen LogP contribution in [0.5, 0.6) is 0 Å². The quantitative estimate of drug-likeness (QED) is 0.626. The van der Waals surface area contributed by atoms with Gasteiger partial charge in [-0.05, 0) is 24.5 Å². The van der Waals surface area contributed by atoms with Crippen LogP contribution in [-0.2, 0) is 0 Å². The minimum atomic E-state index is 0.965. The SMILES string of the molecule is C=C(CC)c1ccccc1N=CCC. The molecule has 1 aromatic rings. The zero-order valence-corrected chi connectivity index (χ0v) is 8.96. The molecule has 0 radical (unpaired) electrons. The lowest BCUT2D eigenvalue weighted by atomic mass is 10.0. The Balaban J connectivity index is 3.03. The Morgan fingerprint density at radius 1 is 1.36 bits per heavy atom. The number of hydrogen-bond acceptors (Lipinski definition) is 1. The van der Waals surface area contributed by atoms with Gasteiger partial charge < -0.3 is 0 Å². The van der Waals surface area contributed by atoms with Crippen molar-refractivity contribution in [2.45, 2.75) is 26.7 Å². The molecule has 0 bridgehead atoms. The van der Waals surface area contributed by atoms with E-state index in [0.29, 0.717) is 0 Å². The molecule has 0 saturated carbocycles. The zero-order chi connectivity index (χ0) is 10.4. The summed E-state index contributed by atoms with van der Waals surface area (Å²) >= 11 is 0. The van der Waals surface area contributed by atoms with Crippen molar-refractivity contribution in [3.8, 4) is 0 Å². The second kappa shape index (κ2) is 5.38. The molecule has 1 heteroatoms. The molecule has 0 saturated heterocycles. The molecule has 0 atom stereocenters. The molecule has 0 aromatic heterocycles. The van der Waals surface area contributed by atoms with Crippen molar-refractivity contribution >= 4 is 17.5 Å². The minimum absolute atomic E-state index is 0.965. The third-order valence-electron chi connectivity index (χ3n) is 2.12. The van der Waals surface area contributed by atoms with Gasteiger partial charge in [0.25, 0.3) is 0 Å². The van der Waals surface area contributed by atoms with Gasteiger partial charge in [0.05, 0.1) is 5.69 Å². The number of rotatable bonds is 4. The molecule has 0 N–H and O–H groups in total. The lowest BCUT2D eigenvalue weighted by molar-refractivity contribution is 1.24. The maximum absolute atomic E-state index is 4.41. The van der Waals surface area contributed by atoms with Gasteiger partial charge in [-0.15, -0.1) is 0 Å². The van der Waals surface area contributed by atoms with Crippen LogP contribution in [-0.4, -0.2) is 6.21 Å². The highest BCUT2D eigenvalue weighted by molar-refractivity contribution is 5.76. The topological polar surface area (TPSA) is 12.4 Å². The predicted molar refractivity (Wildman–Crippen MR) is 64.2 cm³/mol. The molecule has 1 nitrogen and oxygen atoms in total. The van der Waals surface area contributed by atoms with Crippen LogP contribution < -0.4 is 0 Å². The summed E-state index contributed by atoms with van der Waals surface area (Å²) in [6.07, 6.45) is 3.87. The van der Waals surface area contributed by atoms with E-state index in [2.05, 4.69) is 31.5 Å². The summed E-state index contributed by atoms with van der Waals surface area (Å²) in [4.78, 5) is 4.41. The molecule has 1 rings (SSSR count). The van der Waals surface area contributed by atoms with Gasteiger partial charge in [0, 0.05) is 11.8 Å². The Hall–Kier alpha value is -1.37. The smallest absolute Gasteiger partial charge is 0.0700 e. The summed E-state index contributed by atoms with van der Waals surface area (Å²) < 4.78 is 0. The number of nitrogens with zero attached hydrogens (tertiary/aromatic N) is 1. The Kier molecular flexibility index (Phi) is 4.11. The molecular weight excluding hydrogens is 170 g/mol.